The van der Waals surface area contributed by atoms with Crippen LogP contribution in [0.2, 0.25) is 0 Å². The minimum absolute atomic E-state index is 0.679. The standard InChI is InChI=1S/C16H10Br2N4/c17-7-15-16(8-18)22-14-6-12-11(5-13(14)21-15)19-9-3-1-2-4-10(9)20-12/h1-6H,7-8H2. The Balaban J connectivity index is 2.07. The molecule has 0 aliphatic heterocycles. The van der Waals surface area contributed by atoms with E-state index in [2.05, 4.69) is 51.8 Å². The molecule has 0 bridgehead atoms. The number of aromatic nitrogens is 4. The Labute approximate surface area is 143 Å². The minimum Gasteiger partial charge on any atom is -0.248 e. The molecule has 4 nitrogen and oxygen atoms in total. The van der Waals surface area contributed by atoms with Crippen molar-refractivity contribution in [3.8, 4) is 0 Å². The van der Waals surface area contributed by atoms with Crippen LogP contribution in [-0.4, -0.2) is 19.9 Å². The van der Waals surface area contributed by atoms with Crippen LogP contribution in [0.3, 0.4) is 0 Å². The van der Waals surface area contributed by atoms with Crippen molar-refractivity contribution < 1.29 is 0 Å². The molecular weight excluding hydrogens is 408 g/mol. The van der Waals surface area contributed by atoms with E-state index in [4.69, 9.17) is 0 Å². The van der Waals surface area contributed by atoms with E-state index in [9.17, 15) is 0 Å². The number of hydrogen-bond donors (Lipinski definition) is 0. The Kier molecular flexibility index (Phi) is 3.50. The van der Waals surface area contributed by atoms with E-state index in [1.165, 1.54) is 0 Å². The summed E-state index contributed by atoms with van der Waals surface area (Å²) in [5.74, 6) is 0. The van der Waals surface area contributed by atoms with Crippen molar-refractivity contribution in [2.75, 3.05) is 0 Å². The normalized spacial score (nSPS) is 11.5. The first-order valence-corrected chi connectivity index (χ1v) is 9.01. The van der Waals surface area contributed by atoms with Gasteiger partial charge in [-0.25, -0.2) is 19.9 Å². The largest absolute Gasteiger partial charge is 0.248 e. The fraction of sp³-hybridized carbons (Fsp3) is 0.125. The maximum Gasteiger partial charge on any atom is 0.0917 e. The van der Waals surface area contributed by atoms with Crippen LogP contribution in [0.5, 0.6) is 0 Å². The molecule has 22 heavy (non-hydrogen) atoms. The molecule has 0 saturated carbocycles. The molecule has 0 spiro atoms. The first-order valence-electron chi connectivity index (χ1n) is 6.76. The number of benzene rings is 2. The van der Waals surface area contributed by atoms with E-state index < -0.39 is 0 Å². The van der Waals surface area contributed by atoms with Gasteiger partial charge in [-0.15, -0.1) is 0 Å². The molecule has 6 heteroatoms. The predicted octanol–water partition coefficient (Wildman–Crippen LogP) is 4.52. The van der Waals surface area contributed by atoms with Crippen molar-refractivity contribution in [2.24, 2.45) is 0 Å². The van der Waals surface area contributed by atoms with Crippen LogP contribution in [0.4, 0.5) is 0 Å². The lowest BCUT2D eigenvalue weighted by Crippen LogP contribution is -1.99. The summed E-state index contributed by atoms with van der Waals surface area (Å²) >= 11 is 6.93. The third-order valence-electron chi connectivity index (χ3n) is 3.53. The van der Waals surface area contributed by atoms with E-state index >= 15 is 0 Å². The van der Waals surface area contributed by atoms with E-state index in [1.54, 1.807) is 0 Å². The van der Waals surface area contributed by atoms with Gasteiger partial charge in [-0.1, -0.05) is 44.0 Å². The summed E-state index contributed by atoms with van der Waals surface area (Å²) in [4.78, 5) is 18.7. The van der Waals surface area contributed by atoms with E-state index in [0.29, 0.717) is 10.7 Å². The number of halogens is 2. The molecule has 0 aliphatic carbocycles. The summed E-state index contributed by atoms with van der Waals surface area (Å²) in [6.45, 7) is 0. The van der Waals surface area contributed by atoms with Gasteiger partial charge < -0.3 is 0 Å². The quantitative estimate of drug-likeness (QED) is 0.355. The molecule has 4 aromatic rings. The smallest absolute Gasteiger partial charge is 0.0917 e. The number of rotatable bonds is 2. The van der Waals surface area contributed by atoms with Gasteiger partial charge in [-0.3, -0.25) is 0 Å². The van der Waals surface area contributed by atoms with Crippen molar-refractivity contribution in [3.05, 3.63) is 47.8 Å². The van der Waals surface area contributed by atoms with Gasteiger partial charge in [0.15, 0.2) is 0 Å². The molecular formula is C16H10Br2N4. The Hall–Kier alpha value is -1.66. The highest BCUT2D eigenvalue weighted by molar-refractivity contribution is 9.09. The van der Waals surface area contributed by atoms with Gasteiger partial charge >= 0.3 is 0 Å². The Morgan fingerprint density at radius 1 is 0.591 bits per heavy atom. The Bertz CT molecular complexity index is 935. The van der Waals surface area contributed by atoms with Gasteiger partial charge in [0.2, 0.25) is 0 Å². The highest BCUT2D eigenvalue weighted by atomic mass is 79.9. The molecule has 0 N–H and O–H groups in total. The Morgan fingerprint density at radius 3 is 1.41 bits per heavy atom. The van der Waals surface area contributed by atoms with Crippen LogP contribution in [0.15, 0.2) is 36.4 Å². The maximum atomic E-state index is 4.69. The second-order valence-electron chi connectivity index (χ2n) is 4.93. The van der Waals surface area contributed by atoms with Gasteiger partial charge in [-0.05, 0) is 24.3 Å². The molecule has 0 unspecified atom stereocenters. The van der Waals surface area contributed by atoms with Gasteiger partial charge in [0.05, 0.1) is 44.5 Å². The van der Waals surface area contributed by atoms with Crippen molar-refractivity contribution in [3.63, 3.8) is 0 Å². The van der Waals surface area contributed by atoms with Crippen LogP contribution < -0.4 is 0 Å². The molecule has 2 aromatic heterocycles. The molecule has 4 rings (SSSR count). The van der Waals surface area contributed by atoms with Crippen LogP contribution in [-0.2, 0) is 10.7 Å². The Morgan fingerprint density at radius 2 is 1.00 bits per heavy atom. The minimum atomic E-state index is 0.679. The van der Waals surface area contributed by atoms with Crippen molar-refractivity contribution in [2.45, 2.75) is 10.7 Å². The predicted molar refractivity (Wildman–Crippen MR) is 95.4 cm³/mol. The SMILES string of the molecule is BrCc1nc2cc3nc4ccccc4nc3cc2nc1CBr. The lowest BCUT2D eigenvalue weighted by Gasteiger charge is -2.07. The maximum absolute atomic E-state index is 4.69. The van der Waals surface area contributed by atoms with Gasteiger partial charge in [-0.2, -0.15) is 0 Å². The van der Waals surface area contributed by atoms with Gasteiger partial charge in [0.1, 0.15) is 0 Å². The summed E-state index contributed by atoms with van der Waals surface area (Å²) in [6, 6.07) is 11.8. The van der Waals surface area contributed by atoms with Crippen LogP contribution in [0.25, 0.3) is 33.1 Å². The average Bonchev–Trinajstić information content (AvgIpc) is 2.56. The zero-order valence-corrected chi connectivity index (χ0v) is 14.6. The molecule has 0 aliphatic rings. The molecule has 108 valence electrons. The summed E-state index contributed by atoms with van der Waals surface area (Å²) in [5.41, 5.74) is 7.03. The molecule has 0 atom stereocenters. The molecule has 2 heterocycles. The third-order valence-corrected chi connectivity index (χ3v) is 4.59. The summed E-state index contributed by atoms with van der Waals surface area (Å²) in [6.07, 6.45) is 0. The summed E-state index contributed by atoms with van der Waals surface area (Å²) in [5, 5.41) is 1.36. The zero-order valence-electron chi connectivity index (χ0n) is 11.4. The fourth-order valence-corrected chi connectivity index (χ4v) is 3.36. The summed E-state index contributed by atoms with van der Waals surface area (Å²) < 4.78 is 0. The van der Waals surface area contributed by atoms with Crippen LogP contribution in [0.1, 0.15) is 11.4 Å². The highest BCUT2D eigenvalue weighted by Crippen LogP contribution is 2.23. The third kappa shape index (κ3) is 2.27. The number of alkyl halides is 2. The van der Waals surface area contributed by atoms with Gasteiger partial charge in [0, 0.05) is 10.7 Å². The van der Waals surface area contributed by atoms with Crippen molar-refractivity contribution in [1.82, 2.24) is 19.9 Å². The fourth-order valence-electron chi connectivity index (χ4n) is 2.46. The van der Waals surface area contributed by atoms with Gasteiger partial charge in [0.25, 0.3) is 0 Å². The highest BCUT2D eigenvalue weighted by Gasteiger charge is 2.10. The van der Waals surface area contributed by atoms with Crippen molar-refractivity contribution >= 4 is 65.0 Å². The number of fused-ring (bicyclic) bond motifs is 3. The second kappa shape index (κ2) is 5.52. The molecule has 0 amide bonds. The molecule has 0 fully saturated rings. The van der Waals surface area contributed by atoms with Crippen LogP contribution >= 0.6 is 31.9 Å². The number of nitrogens with zero attached hydrogens (tertiary/aromatic N) is 4. The van der Waals surface area contributed by atoms with Crippen LogP contribution in [0, 0.1) is 0 Å². The van der Waals surface area contributed by atoms with E-state index in [1.807, 2.05) is 36.4 Å². The molecule has 0 saturated heterocycles. The molecule has 0 radical (unpaired) electrons. The summed E-state index contributed by atoms with van der Waals surface area (Å²) in [7, 11) is 0. The first kappa shape index (κ1) is 14.0. The first-order chi connectivity index (χ1) is 10.8. The monoisotopic (exact) mass is 416 g/mol. The lowest BCUT2D eigenvalue weighted by atomic mass is 10.2. The lowest BCUT2D eigenvalue weighted by molar-refractivity contribution is 1.08. The average molecular weight is 418 g/mol. The van der Waals surface area contributed by atoms with E-state index in [-0.39, 0.29) is 0 Å². The topological polar surface area (TPSA) is 51.6 Å². The zero-order chi connectivity index (χ0) is 15.1. The molecule has 2 aromatic carbocycles. The number of para-hydroxylation sites is 2. The number of hydrogen-bond acceptors (Lipinski definition) is 4. The van der Waals surface area contributed by atoms with E-state index in [0.717, 1.165) is 44.5 Å². The van der Waals surface area contributed by atoms with Crippen molar-refractivity contribution in [1.29, 1.82) is 0 Å². The second-order valence-corrected chi connectivity index (χ2v) is 6.05.